The van der Waals surface area contributed by atoms with E-state index in [4.69, 9.17) is 0 Å². The molecule has 0 aromatic heterocycles. The molecular weight excluding hydrogens is 231 g/mol. The van der Waals surface area contributed by atoms with Gasteiger partial charge in [0.2, 0.25) is 0 Å². The Kier molecular flexibility index (Phi) is 4.15. The van der Waals surface area contributed by atoms with Crippen molar-refractivity contribution in [1.29, 1.82) is 0 Å². The molecule has 0 unspecified atom stereocenters. The van der Waals surface area contributed by atoms with E-state index in [9.17, 15) is 13.2 Å². The monoisotopic (exact) mass is 245 g/mol. The zero-order valence-electron chi connectivity index (χ0n) is 9.88. The van der Waals surface area contributed by atoms with Crippen LogP contribution in [0.3, 0.4) is 0 Å². The largest absolute Gasteiger partial charge is 0.573 e. The van der Waals surface area contributed by atoms with E-state index in [0.717, 1.165) is 5.56 Å². The Balaban J connectivity index is 2.94. The Bertz CT molecular complexity index is 411. The second-order valence-electron chi connectivity index (χ2n) is 4.02. The fraction of sp³-hybridized carbons (Fsp3) is 0.417. The Labute approximate surface area is 98.1 Å². The number of aryl methyl sites for hydroxylation is 1. The molecule has 5 heteroatoms. The minimum absolute atomic E-state index is 0.238. The minimum atomic E-state index is -4.67. The van der Waals surface area contributed by atoms with Crippen molar-refractivity contribution in [3.8, 4) is 5.75 Å². The summed E-state index contributed by atoms with van der Waals surface area (Å²) in [7, 11) is 0. The van der Waals surface area contributed by atoms with Crippen molar-refractivity contribution >= 4 is 11.9 Å². The van der Waals surface area contributed by atoms with Crippen LogP contribution in [0.25, 0.3) is 0 Å². The van der Waals surface area contributed by atoms with Gasteiger partial charge in [-0.3, -0.25) is 4.99 Å². The van der Waals surface area contributed by atoms with Crippen LogP contribution in [0, 0.1) is 12.8 Å². The first kappa shape index (κ1) is 13.5. The summed E-state index contributed by atoms with van der Waals surface area (Å²) in [5.41, 5.74) is 1.29. The van der Waals surface area contributed by atoms with Crippen molar-refractivity contribution in [2.24, 2.45) is 10.9 Å². The Morgan fingerprint density at radius 1 is 1.29 bits per heavy atom. The summed E-state index contributed by atoms with van der Waals surface area (Å²) >= 11 is 0. The number of hydrogen-bond acceptors (Lipinski definition) is 2. The van der Waals surface area contributed by atoms with Crippen LogP contribution in [0.2, 0.25) is 0 Å². The number of halogens is 3. The molecule has 1 aromatic rings. The first-order chi connectivity index (χ1) is 7.78. The number of alkyl halides is 3. The van der Waals surface area contributed by atoms with Gasteiger partial charge >= 0.3 is 6.36 Å². The molecule has 0 N–H and O–H groups in total. The molecule has 0 heterocycles. The van der Waals surface area contributed by atoms with Crippen molar-refractivity contribution in [1.82, 2.24) is 0 Å². The van der Waals surface area contributed by atoms with Gasteiger partial charge in [0.15, 0.2) is 0 Å². The molecule has 0 atom stereocenters. The van der Waals surface area contributed by atoms with E-state index >= 15 is 0 Å². The molecule has 0 bridgehead atoms. The molecule has 0 radical (unpaired) electrons. The third kappa shape index (κ3) is 4.89. The van der Waals surface area contributed by atoms with Crippen molar-refractivity contribution in [3.05, 3.63) is 23.8 Å². The Morgan fingerprint density at radius 3 is 2.47 bits per heavy atom. The fourth-order valence-electron chi connectivity index (χ4n) is 1.15. The average Bonchev–Trinajstić information content (AvgIpc) is 2.16. The van der Waals surface area contributed by atoms with Gasteiger partial charge in [0.25, 0.3) is 0 Å². The molecule has 0 fully saturated rings. The molecule has 0 saturated heterocycles. The third-order valence-corrected chi connectivity index (χ3v) is 1.93. The molecule has 17 heavy (non-hydrogen) atoms. The highest BCUT2D eigenvalue weighted by Crippen LogP contribution is 2.28. The van der Waals surface area contributed by atoms with Crippen LogP contribution in [0.4, 0.5) is 18.9 Å². The van der Waals surface area contributed by atoms with Crippen LogP contribution in [-0.2, 0) is 0 Å². The molecule has 0 aliphatic carbocycles. The summed E-state index contributed by atoms with van der Waals surface area (Å²) in [6.07, 6.45) is -2.99. The molecule has 1 aromatic carbocycles. The summed E-state index contributed by atoms with van der Waals surface area (Å²) < 4.78 is 39.9. The van der Waals surface area contributed by atoms with Gasteiger partial charge in [-0.05, 0) is 24.5 Å². The highest BCUT2D eigenvalue weighted by molar-refractivity contribution is 5.67. The molecule has 94 valence electrons. The van der Waals surface area contributed by atoms with Crippen LogP contribution >= 0.6 is 0 Å². The van der Waals surface area contributed by atoms with Gasteiger partial charge in [0.1, 0.15) is 5.75 Å². The summed E-state index contributed by atoms with van der Waals surface area (Å²) in [5, 5.41) is 0. The predicted octanol–water partition coefficient (Wildman–Crippen LogP) is 4.25. The van der Waals surface area contributed by atoms with Crippen molar-refractivity contribution < 1.29 is 17.9 Å². The maximum atomic E-state index is 12.0. The number of hydrogen-bond donors (Lipinski definition) is 0. The highest BCUT2D eigenvalue weighted by Gasteiger charge is 2.31. The summed E-state index contributed by atoms with van der Waals surface area (Å²) in [6, 6.07) is 4.10. The number of rotatable bonds is 3. The number of ether oxygens (including phenoxy) is 1. The average molecular weight is 245 g/mol. The topological polar surface area (TPSA) is 21.6 Å². The van der Waals surface area contributed by atoms with E-state index in [2.05, 4.69) is 9.73 Å². The van der Waals surface area contributed by atoms with Gasteiger partial charge < -0.3 is 4.74 Å². The molecule has 0 aliphatic rings. The predicted molar refractivity (Wildman–Crippen MR) is 60.9 cm³/mol. The number of benzene rings is 1. The van der Waals surface area contributed by atoms with Crippen LogP contribution in [0.5, 0.6) is 5.75 Å². The molecule has 0 amide bonds. The Morgan fingerprint density at radius 2 is 1.94 bits per heavy atom. The van der Waals surface area contributed by atoms with E-state index in [1.807, 2.05) is 13.8 Å². The molecular formula is C12H14F3NO. The molecule has 2 nitrogen and oxygen atoms in total. The molecule has 0 spiro atoms. The van der Waals surface area contributed by atoms with Gasteiger partial charge in [-0.1, -0.05) is 19.9 Å². The number of nitrogens with zero attached hydrogens (tertiary/aromatic N) is 1. The normalized spacial score (nSPS) is 12.4. The summed E-state index contributed by atoms with van der Waals surface area (Å²) in [5.74, 6) is -0.0133. The Hall–Kier alpha value is -1.52. The van der Waals surface area contributed by atoms with Gasteiger partial charge in [0.05, 0.1) is 5.69 Å². The van der Waals surface area contributed by atoms with Gasteiger partial charge in [-0.25, -0.2) is 0 Å². The second kappa shape index (κ2) is 5.21. The highest BCUT2D eigenvalue weighted by atomic mass is 19.4. The summed E-state index contributed by atoms with van der Waals surface area (Å²) in [4.78, 5) is 4.12. The van der Waals surface area contributed by atoms with Crippen molar-refractivity contribution in [3.63, 3.8) is 0 Å². The van der Waals surface area contributed by atoms with E-state index in [-0.39, 0.29) is 11.7 Å². The zero-order valence-corrected chi connectivity index (χ0v) is 9.88. The molecule has 1 rings (SSSR count). The van der Waals surface area contributed by atoms with E-state index in [0.29, 0.717) is 5.69 Å². The van der Waals surface area contributed by atoms with Gasteiger partial charge in [-0.15, -0.1) is 13.2 Å². The lowest BCUT2D eigenvalue weighted by molar-refractivity contribution is -0.274. The van der Waals surface area contributed by atoms with Crippen LogP contribution in [0.1, 0.15) is 19.4 Å². The quantitative estimate of drug-likeness (QED) is 0.729. The third-order valence-electron chi connectivity index (χ3n) is 1.93. The van der Waals surface area contributed by atoms with E-state index in [1.165, 1.54) is 12.1 Å². The number of aliphatic imine (C=N–C) groups is 1. The van der Waals surface area contributed by atoms with Crippen LogP contribution < -0.4 is 4.74 Å². The fourth-order valence-corrected chi connectivity index (χ4v) is 1.15. The second-order valence-corrected chi connectivity index (χ2v) is 4.02. The van der Waals surface area contributed by atoms with Crippen LogP contribution in [0.15, 0.2) is 23.2 Å². The van der Waals surface area contributed by atoms with Crippen molar-refractivity contribution in [2.75, 3.05) is 0 Å². The van der Waals surface area contributed by atoms with Crippen LogP contribution in [-0.4, -0.2) is 12.6 Å². The zero-order chi connectivity index (χ0) is 13.1. The van der Waals surface area contributed by atoms with E-state index in [1.54, 1.807) is 19.2 Å². The lowest BCUT2D eigenvalue weighted by atomic mass is 10.2. The maximum absolute atomic E-state index is 12.0. The maximum Gasteiger partial charge on any atom is 0.573 e. The smallest absolute Gasteiger partial charge is 0.406 e. The first-order valence-corrected chi connectivity index (χ1v) is 5.18. The van der Waals surface area contributed by atoms with E-state index < -0.39 is 6.36 Å². The minimum Gasteiger partial charge on any atom is -0.406 e. The molecule has 0 aliphatic heterocycles. The summed E-state index contributed by atoms with van der Waals surface area (Å²) in [6.45, 7) is 5.66. The SMILES string of the molecule is Cc1ccc(OC(F)(F)F)cc1N=CC(C)C. The standard InChI is InChI=1S/C12H14F3NO/c1-8(2)7-16-11-6-10(5-4-9(11)3)17-12(13,14)15/h4-8H,1-3H3. The molecule has 0 saturated carbocycles. The van der Waals surface area contributed by atoms with Gasteiger partial charge in [-0.2, -0.15) is 0 Å². The van der Waals surface area contributed by atoms with Crippen molar-refractivity contribution in [2.45, 2.75) is 27.1 Å². The lowest BCUT2D eigenvalue weighted by Crippen LogP contribution is -2.17. The lowest BCUT2D eigenvalue weighted by Gasteiger charge is -2.10. The first-order valence-electron chi connectivity index (χ1n) is 5.18. The van der Waals surface area contributed by atoms with Gasteiger partial charge in [0, 0.05) is 12.3 Å².